The number of nitrogens with one attached hydrogen (secondary N) is 1. The Hall–Kier alpha value is -0.0800. The van der Waals surface area contributed by atoms with Crippen molar-refractivity contribution in [1.29, 1.82) is 0 Å². The molecular weight excluding hydrogens is 172 g/mol. The zero-order chi connectivity index (χ0) is 10.0. The number of rotatable bonds is 4. The summed E-state index contributed by atoms with van der Waals surface area (Å²) in [6, 6.07) is 0. The molecule has 0 unspecified atom stereocenters. The van der Waals surface area contributed by atoms with Crippen LogP contribution in [0.3, 0.4) is 0 Å². The third kappa shape index (κ3) is 2.29. The van der Waals surface area contributed by atoms with E-state index in [9.17, 15) is 0 Å². The van der Waals surface area contributed by atoms with E-state index in [-0.39, 0.29) is 0 Å². The van der Waals surface area contributed by atoms with Gasteiger partial charge in [-0.05, 0) is 31.6 Å². The van der Waals surface area contributed by atoms with Gasteiger partial charge in [-0.3, -0.25) is 4.90 Å². The maximum Gasteiger partial charge on any atom is 0.0304 e. The Kier molecular flexibility index (Phi) is 3.13. The Labute approximate surface area is 88.1 Å². The standard InChI is InChI=1S/C12H24N2/c1-3-12(4-2)10-14(8-7-13-12)9-11-5-6-11/h11,13H,3-10H2,1-2H3. The van der Waals surface area contributed by atoms with Gasteiger partial charge in [-0.1, -0.05) is 13.8 Å². The smallest absolute Gasteiger partial charge is 0.0304 e. The van der Waals surface area contributed by atoms with E-state index in [2.05, 4.69) is 24.1 Å². The lowest BCUT2D eigenvalue weighted by Crippen LogP contribution is -2.60. The lowest BCUT2D eigenvalue weighted by Gasteiger charge is -2.43. The summed E-state index contributed by atoms with van der Waals surface area (Å²) in [4.78, 5) is 2.68. The largest absolute Gasteiger partial charge is 0.309 e. The molecule has 0 radical (unpaired) electrons. The van der Waals surface area contributed by atoms with E-state index in [1.54, 1.807) is 0 Å². The summed E-state index contributed by atoms with van der Waals surface area (Å²) in [5.41, 5.74) is 0.424. The zero-order valence-electron chi connectivity index (χ0n) is 9.68. The highest BCUT2D eigenvalue weighted by atomic mass is 15.2. The molecule has 82 valence electrons. The molecule has 0 spiro atoms. The first-order chi connectivity index (χ1) is 6.78. The Morgan fingerprint density at radius 2 is 2.00 bits per heavy atom. The van der Waals surface area contributed by atoms with Crippen molar-refractivity contribution < 1.29 is 0 Å². The number of piperazine rings is 1. The maximum absolute atomic E-state index is 3.71. The van der Waals surface area contributed by atoms with Gasteiger partial charge in [0.25, 0.3) is 0 Å². The molecular formula is C12H24N2. The molecule has 1 aliphatic carbocycles. The predicted octanol–water partition coefficient (Wildman–Crippen LogP) is 1.86. The molecule has 2 nitrogen and oxygen atoms in total. The van der Waals surface area contributed by atoms with Gasteiger partial charge >= 0.3 is 0 Å². The fourth-order valence-corrected chi connectivity index (χ4v) is 2.59. The molecule has 1 aliphatic heterocycles. The minimum absolute atomic E-state index is 0.424. The zero-order valence-corrected chi connectivity index (χ0v) is 9.68. The molecule has 0 atom stereocenters. The average Bonchev–Trinajstić information content (AvgIpc) is 3.02. The van der Waals surface area contributed by atoms with E-state index >= 15 is 0 Å². The Morgan fingerprint density at radius 3 is 2.57 bits per heavy atom. The molecule has 1 saturated carbocycles. The van der Waals surface area contributed by atoms with Gasteiger partial charge in [-0.2, -0.15) is 0 Å². The van der Waals surface area contributed by atoms with Gasteiger partial charge in [0.2, 0.25) is 0 Å². The quantitative estimate of drug-likeness (QED) is 0.738. The first-order valence-corrected chi connectivity index (χ1v) is 6.25. The van der Waals surface area contributed by atoms with Crippen LogP contribution in [0.25, 0.3) is 0 Å². The fraction of sp³-hybridized carbons (Fsp3) is 1.00. The molecule has 2 aliphatic rings. The van der Waals surface area contributed by atoms with Gasteiger partial charge in [-0.15, -0.1) is 0 Å². The molecule has 0 aromatic carbocycles. The van der Waals surface area contributed by atoms with Crippen molar-refractivity contribution in [3.63, 3.8) is 0 Å². The molecule has 1 saturated heterocycles. The summed E-state index contributed by atoms with van der Waals surface area (Å²) >= 11 is 0. The first-order valence-electron chi connectivity index (χ1n) is 6.25. The fourth-order valence-electron chi connectivity index (χ4n) is 2.59. The molecule has 1 N–H and O–H groups in total. The van der Waals surface area contributed by atoms with Gasteiger partial charge in [0.05, 0.1) is 0 Å². The summed E-state index contributed by atoms with van der Waals surface area (Å²) < 4.78 is 0. The van der Waals surface area contributed by atoms with E-state index in [1.165, 1.54) is 51.9 Å². The lowest BCUT2D eigenvalue weighted by atomic mass is 9.90. The van der Waals surface area contributed by atoms with E-state index < -0.39 is 0 Å². The van der Waals surface area contributed by atoms with Crippen molar-refractivity contribution in [1.82, 2.24) is 10.2 Å². The molecule has 2 fully saturated rings. The molecule has 14 heavy (non-hydrogen) atoms. The maximum atomic E-state index is 3.71. The summed E-state index contributed by atoms with van der Waals surface area (Å²) in [6.07, 6.45) is 5.50. The normalized spacial score (nSPS) is 27.9. The van der Waals surface area contributed by atoms with Gasteiger partial charge in [0.15, 0.2) is 0 Å². The van der Waals surface area contributed by atoms with Crippen molar-refractivity contribution in [2.75, 3.05) is 26.2 Å². The summed E-state index contributed by atoms with van der Waals surface area (Å²) in [7, 11) is 0. The van der Waals surface area contributed by atoms with Crippen LogP contribution in [0.15, 0.2) is 0 Å². The van der Waals surface area contributed by atoms with Crippen molar-refractivity contribution in [2.45, 2.75) is 45.1 Å². The van der Waals surface area contributed by atoms with Crippen LogP contribution >= 0.6 is 0 Å². The van der Waals surface area contributed by atoms with Crippen LogP contribution < -0.4 is 5.32 Å². The lowest BCUT2D eigenvalue weighted by molar-refractivity contribution is 0.120. The molecule has 0 aromatic heterocycles. The van der Waals surface area contributed by atoms with E-state index in [0.29, 0.717) is 5.54 Å². The van der Waals surface area contributed by atoms with Gasteiger partial charge in [0, 0.05) is 31.7 Å². The second-order valence-corrected chi connectivity index (χ2v) is 5.09. The van der Waals surface area contributed by atoms with Crippen LogP contribution in [0.4, 0.5) is 0 Å². The summed E-state index contributed by atoms with van der Waals surface area (Å²) in [5.74, 6) is 1.04. The highest BCUT2D eigenvalue weighted by Gasteiger charge is 2.34. The third-order valence-electron chi connectivity index (χ3n) is 4.02. The second-order valence-electron chi connectivity index (χ2n) is 5.09. The number of hydrogen-bond acceptors (Lipinski definition) is 2. The predicted molar refractivity (Wildman–Crippen MR) is 60.5 cm³/mol. The minimum Gasteiger partial charge on any atom is -0.309 e. The SMILES string of the molecule is CCC1(CC)CN(CC2CC2)CCN1. The first kappa shape index (κ1) is 10.4. The van der Waals surface area contributed by atoms with Crippen LogP contribution in [0, 0.1) is 5.92 Å². The topological polar surface area (TPSA) is 15.3 Å². The van der Waals surface area contributed by atoms with E-state index in [4.69, 9.17) is 0 Å². The molecule has 1 heterocycles. The van der Waals surface area contributed by atoms with E-state index in [0.717, 1.165) is 5.92 Å². The molecule has 2 rings (SSSR count). The Morgan fingerprint density at radius 1 is 1.29 bits per heavy atom. The third-order valence-corrected chi connectivity index (χ3v) is 4.02. The Bertz CT molecular complexity index is 183. The van der Waals surface area contributed by atoms with Crippen molar-refractivity contribution >= 4 is 0 Å². The van der Waals surface area contributed by atoms with Gasteiger partial charge in [-0.25, -0.2) is 0 Å². The highest BCUT2D eigenvalue weighted by Crippen LogP contribution is 2.31. The van der Waals surface area contributed by atoms with Crippen LogP contribution in [0.2, 0.25) is 0 Å². The highest BCUT2D eigenvalue weighted by molar-refractivity contribution is 4.93. The van der Waals surface area contributed by atoms with Crippen LogP contribution in [-0.4, -0.2) is 36.6 Å². The molecule has 0 amide bonds. The van der Waals surface area contributed by atoms with Gasteiger partial charge < -0.3 is 5.32 Å². The van der Waals surface area contributed by atoms with Crippen molar-refractivity contribution in [3.05, 3.63) is 0 Å². The van der Waals surface area contributed by atoms with Crippen LogP contribution in [0.1, 0.15) is 39.5 Å². The van der Waals surface area contributed by atoms with Crippen LogP contribution in [0.5, 0.6) is 0 Å². The summed E-state index contributed by atoms with van der Waals surface area (Å²) in [6.45, 7) is 9.72. The molecule has 2 heteroatoms. The Balaban J connectivity index is 1.87. The summed E-state index contributed by atoms with van der Waals surface area (Å²) in [5, 5.41) is 3.71. The number of hydrogen-bond donors (Lipinski definition) is 1. The number of nitrogens with zero attached hydrogens (tertiary/aromatic N) is 1. The molecule has 0 bridgehead atoms. The second kappa shape index (κ2) is 4.19. The molecule has 0 aromatic rings. The van der Waals surface area contributed by atoms with Crippen LogP contribution in [-0.2, 0) is 0 Å². The van der Waals surface area contributed by atoms with Gasteiger partial charge in [0.1, 0.15) is 0 Å². The average molecular weight is 196 g/mol. The van der Waals surface area contributed by atoms with Crippen molar-refractivity contribution in [2.24, 2.45) is 5.92 Å². The van der Waals surface area contributed by atoms with E-state index in [1.807, 2.05) is 0 Å². The minimum atomic E-state index is 0.424. The van der Waals surface area contributed by atoms with Crippen molar-refractivity contribution in [3.8, 4) is 0 Å². The monoisotopic (exact) mass is 196 g/mol.